The summed E-state index contributed by atoms with van der Waals surface area (Å²) in [5.74, 6) is -1.76. The highest BCUT2D eigenvalue weighted by atomic mass is 35.5. The summed E-state index contributed by atoms with van der Waals surface area (Å²) in [6.45, 7) is 2.21. The molecule has 3 aromatic carbocycles. The number of pyridine rings is 1. The van der Waals surface area contributed by atoms with Crippen molar-refractivity contribution in [3.63, 3.8) is 0 Å². The molecule has 0 spiro atoms. The average molecular weight is 527 g/mol. The van der Waals surface area contributed by atoms with Crippen molar-refractivity contribution in [3.8, 4) is 11.5 Å². The molecule has 1 saturated heterocycles. The van der Waals surface area contributed by atoms with Gasteiger partial charge in [0.1, 0.15) is 23.9 Å². The molecule has 1 fully saturated rings. The van der Waals surface area contributed by atoms with Gasteiger partial charge in [-0.2, -0.15) is 0 Å². The Morgan fingerprint density at radius 3 is 2.53 bits per heavy atom. The minimum atomic E-state index is -1.04. The van der Waals surface area contributed by atoms with E-state index in [2.05, 4.69) is 4.98 Å². The zero-order valence-electron chi connectivity index (χ0n) is 20.3. The molecule has 4 aromatic rings. The maximum Gasteiger partial charge on any atom is 0.300 e. The zero-order valence-corrected chi connectivity index (χ0v) is 21.1. The number of ether oxygens (including phenoxy) is 1. The van der Waals surface area contributed by atoms with E-state index in [0.717, 1.165) is 16.0 Å². The van der Waals surface area contributed by atoms with Gasteiger partial charge < -0.3 is 14.9 Å². The first-order valence-corrected chi connectivity index (χ1v) is 12.2. The number of aliphatic hydroxyl groups excluding tert-OH is 1. The van der Waals surface area contributed by atoms with Gasteiger partial charge >= 0.3 is 0 Å². The van der Waals surface area contributed by atoms with Gasteiger partial charge in [0, 0.05) is 23.0 Å². The summed E-state index contributed by atoms with van der Waals surface area (Å²) in [4.78, 5) is 31.9. The first-order valence-electron chi connectivity index (χ1n) is 11.8. The number of ketones is 1. The number of halogens is 1. The largest absolute Gasteiger partial charge is 0.507 e. The number of nitrogens with zero attached hydrogens (tertiary/aromatic N) is 2. The quantitative estimate of drug-likeness (QED) is 0.183. The molecule has 1 aliphatic rings. The fraction of sp³-hybridized carbons (Fsp3) is 0.100. The van der Waals surface area contributed by atoms with Crippen molar-refractivity contribution in [1.29, 1.82) is 0 Å². The Morgan fingerprint density at radius 1 is 1.03 bits per heavy atom. The molecule has 1 unspecified atom stereocenters. The van der Waals surface area contributed by atoms with Crippen molar-refractivity contribution >= 4 is 34.7 Å². The van der Waals surface area contributed by atoms with E-state index in [-0.39, 0.29) is 27.8 Å². The van der Waals surface area contributed by atoms with Gasteiger partial charge in [0.05, 0.1) is 17.3 Å². The molecule has 2 N–H and O–H groups in total. The SMILES string of the molecule is Cc1cc(/C(O)=C2\C(=O)C(=O)N(c3cc(Cl)ccc3O)C2c2cccnc2)ccc1OCc1ccccc1. The van der Waals surface area contributed by atoms with Crippen LogP contribution in [-0.2, 0) is 16.2 Å². The van der Waals surface area contributed by atoms with Crippen molar-refractivity contribution in [2.24, 2.45) is 0 Å². The number of carbonyl (C=O) groups is 2. The Kier molecular flexibility index (Phi) is 6.85. The Labute approximate surface area is 224 Å². The summed E-state index contributed by atoms with van der Waals surface area (Å²) in [5.41, 5.74) is 2.50. The summed E-state index contributed by atoms with van der Waals surface area (Å²) < 4.78 is 5.94. The highest BCUT2D eigenvalue weighted by molar-refractivity contribution is 6.52. The highest BCUT2D eigenvalue weighted by Crippen LogP contribution is 2.45. The number of rotatable bonds is 6. The second-order valence-electron chi connectivity index (χ2n) is 8.84. The van der Waals surface area contributed by atoms with Crippen LogP contribution < -0.4 is 9.64 Å². The summed E-state index contributed by atoms with van der Waals surface area (Å²) >= 11 is 6.15. The molecule has 0 radical (unpaired) electrons. The van der Waals surface area contributed by atoms with Crippen LogP contribution in [0.3, 0.4) is 0 Å². The number of hydrogen-bond donors (Lipinski definition) is 2. The smallest absolute Gasteiger partial charge is 0.300 e. The molecular weight excluding hydrogens is 504 g/mol. The van der Waals surface area contributed by atoms with Crippen molar-refractivity contribution in [3.05, 3.63) is 124 Å². The first kappa shape index (κ1) is 25.0. The monoisotopic (exact) mass is 526 g/mol. The van der Waals surface area contributed by atoms with Crippen LogP contribution in [0.5, 0.6) is 11.5 Å². The van der Waals surface area contributed by atoms with Crippen LogP contribution in [0.1, 0.15) is 28.3 Å². The minimum absolute atomic E-state index is 0.0494. The van der Waals surface area contributed by atoms with E-state index in [4.69, 9.17) is 16.3 Å². The van der Waals surface area contributed by atoms with Gasteiger partial charge in [-0.05, 0) is 66.1 Å². The molecular formula is C30H23ClN2O5. The van der Waals surface area contributed by atoms with E-state index >= 15 is 0 Å². The molecule has 7 nitrogen and oxygen atoms in total. The normalized spacial score (nSPS) is 16.6. The van der Waals surface area contributed by atoms with E-state index in [9.17, 15) is 19.8 Å². The average Bonchev–Trinajstić information content (AvgIpc) is 3.20. The Hall–Kier alpha value is -4.62. The number of hydrogen-bond acceptors (Lipinski definition) is 6. The number of anilines is 1. The van der Waals surface area contributed by atoms with Crippen LogP contribution in [0.4, 0.5) is 5.69 Å². The highest BCUT2D eigenvalue weighted by Gasteiger charge is 2.47. The van der Waals surface area contributed by atoms with E-state index in [1.165, 1.54) is 24.4 Å². The minimum Gasteiger partial charge on any atom is -0.507 e. The summed E-state index contributed by atoms with van der Waals surface area (Å²) in [6, 6.07) is 21.3. The molecule has 38 heavy (non-hydrogen) atoms. The number of phenols is 1. The number of aromatic hydroxyl groups is 1. The molecule has 0 bridgehead atoms. The van der Waals surface area contributed by atoms with Gasteiger partial charge in [-0.1, -0.05) is 48.0 Å². The van der Waals surface area contributed by atoms with Gasteiger partial charge in [0.15, 0.2) is 0 Å². The summed E-state index contributed by atoms with van der Waals surface area (Å²) in [7, 11) is 0. The fourth-order valence-corrected chi connectivity index (χ4v) is 4.64. The standard InChI is InChI=1S/C30H23ClN2O5/c1-18-14-20(9-12-25(18)38-17-19-6-3-2-4-7-19)28(35)26-27(21-8-5-13-32-16-21)33(30(37)29(26)36)23-15-22(31)10-11-24(23)34/h2-16,27,34-35H,17H2,1H3/b28-26+. The molecule has 2 heterocycles. The maximum absolute atomic E-state index is 13.3. The lowest BCUT2D eigenvalue weighted by molar-refractivity contribution is -0.132. The van der Waals surface area contributed by atoms with Crippen LogP contribution in [0, 0.1) is 6.92 Å². The lowest BCUT2D eigenvalue weighted by Gasteiger charge is -2.26. The third kappa shape index (κ3) is 4.71. The molecule has 8 heteroatoms. The van der Waals surface area contributed by atoms with Crippen LogP contribution in [0.25, 0.3) is 5.76 Å². The van der Waals surface area contributed by atoms with Crippen molar-refractivity contribution in [2.75, 3.05) is 4.90 Å². The van der Waals surface area contributed by atoms with Crippen LogP contribution in [0.15, 0.2) is 96.8 Å². The second kappa shape index (κ2) is 10.4. The van der Waals surface area contributed by atoms with E-state index < -0.39 is 17.7 Å². The molecule has 0 saturated carbocycles. The molecule has 1 atom stereocenters. The van der Waals surface area contributed by atoms with Crippen LogP contribution in [-0.4, -0.2) is 26.9 Å². The number of benzene rings is 3. The number of aromatic nitrogens is 1. The van der Waals surface area contributed by atoms with Crippen molar-refractivity contribution in [2.45, 2.75) is 19.6 Å². The van der Waals surface area contributed by atoms with Gasteiger partial charge in [0.25, 0.3) is 11.7 Å². The van der Waals surface area contributed by atoms with Gasteiger partial charge in [-0.25, -0.2) is 0 Å². The lowest BCUT2D eigenvalue weighted by atomic mass is 9.95. The first-order chi connectivity index (χ1) is 18.3. The number of carbonyl (C=O) groups excluding carboxylic acids is 2. The number of Topliss-reactive ketones (excluding diaryl/α,β-unsaturated/α-hetero) is 1. The second-order valence-corrected chi connectivity index (χ2v) is 9.28. The number of amides is 1. The van der Waals surface area contributed by atoms with Crippen LogP contribution >= 0.6 is 11.6 Å². The Bertz CT molecular complexity index is 1550. The van der Waals surface area contributed by atoms with Crippen molar-refractivity contribution in [1.82, 2.24) is 4.98 Å². The summed E-state index contributed by atoms with van der Waals surface area (Å²) in [6.07, 6.45) is 3.06. The van der Waals surface area contributed by atoms with E-state index in [0.29, 0.717) is 23.5 Å². The topological polar surface area (TPSA) is 100.0 Å². The predicted molar refractivity (Wildman–Crippen MR) is 144 cm³/mol. The zero-order chi connectivity index (χ0) is 26.8. The summed E-state index contributed by atoms with van der Waals surface area (Å²) in [5, 5.41) is 22.2. The molecule has 0 aliphatic carbocycles. The fourth-order valence-electron chi connectivity index (χ4n) is 4.47. The van der Waals surface area contributed by atoms with Gasteiger partial charge in [-0.3, -0.25) is 19.5 Å². The van der Waals surface area contributed by atoms with Gasteiger partial charge in [0.2, 0.25) is 0 Å². The molecule has 1 aromatic heterocycles. The van der Waals surface area contributed by atoms with E-state index in [1.807, 2.05) is 37.3 Å². The number of aliphatic hydroxyl groups is 1. The molecule has 1 aliphatic heterocycles. The van der Waals surface area contributed by atoms with Crippen LogP contribution in [0.2, 0.25) is 5.02 Å². The lowest BCUT2D eigenvalue weighted by Crippen LogP contribution is -2.29. The van der Waals surface area contributed by atoms with E-state index in [1.54, 1.807) is 36.5 Å². The number of phenolic OH excluding ortho intramolecular Hbond substituents is 1. The van der Waals surface area contributed by atoms with Crippen molar-refractivity contribution < 1.29 is 24.5 Å². The molecule has 1 amide bonds. The molecule has 190 valence electrons. The van der Waals surface area contributed by atoms with Gasteiger partial charge in [-0.15, -0.1) is 0 Å². The third-order valence-corrected chi connectivity index (χ3v) is 6.56. The third-order valence-electron chi connectivity index (χ3n) is 6.33. The molecule has 5 rings (SSSR count). The Balaban J connectivity index is 1.57. The Morgan fingerprint density at radius 2 is 1.82 bits per heavy atom. The predicted octanol–water partition coefficient (Wildman–Crippen LogP) is 5.95. The number of aryl methyl sites for hydroxylation is 1. The maximum atomic E-state index is 13.3.